The van der Waals surface area contributed by atoms with Crippen LogP contribution in [-0.2, 0) is 24.3 Å². The second-order valence-electron chi connectivity index (χ2n) is 8.64. The maximum Gasteiger partial charge on any atom is 0.410 e. The molecule has 0 bridgehead atoms. The summed E-state index contributed by atoms with van der Waals surface area (Å²) in [5.74, 6) is 0.923. The molecule has 1 amide bonds. The summed E-state index contributed by atoms with van der Waals surface area (Å²) in [5.41, 5.74) is 1.34. The van der Waals surface area contributed by atoms with E-state index in [-0.39, 0.29) is 19.1 Å². The van der Waals surface area contributed by atoms with Crippen LogP contribution < -0.4 is 4.72 Å². The van der Waals surface area contributed by atoms with Gasteiger partial charge in [-0.2, -0.15) is 0 Å². The number of carbonyl (C=O) groups excluding carboxylic acids is 2. The number of nitrogens with one attached hydrogen (secondary N) is 1. The Bertz CT molecular complexity index is 862. The summed E-state index contributed by atoms with van der Waals surface area (Å²) in [7, 11) is -2.28. The van der Waals surface area contributed by atoms with E-state index in [1.165, 1.54) is 17.6 Å². The molecule has 1 saturated heterocycles. The molecule has 9 heteroatoms. The van der Waals surface area contributed by atoms with Crippen molar-refractivity contribution in [1.82, 2.24) is 9.62 Å². The van der Waals surface area contributed by atoms with E-state index in [2.05, 4.69) is 35.9 Å². The summed E-state index contributed by atoms with van der Waals surface area (Å²) in [4.78, 5) is 25.2. The average Bonchev–Trinajstić information content (AvgIpc) is 3.07. The topological polar surface area (TPSA) is 102 Å². The number of likely N-dealkylation sites (tertiary alicyclic amines) is 1. The molecule has 1 N–H and O–H groups in total. The fraction of sp³-hybridized carbons (Fsp3) is 0.636. The molecule has 0 aromatic heterocycles. The van der Waals surface area contributed by atoms with E-state index in [0.29, 0.717) is 18.1 Å². The fourth-order valence-electron chi connectivity index (χ4n) is 4.99. The number of ether oxygens (including phenoxy) is 2. The van der Waals surface area contributed by atoms with Crippen LogP contribution >= 0.6 is 0 Å². The number of aldehydes is 1. The van der Waals surface area contributed by atoms with E-state index in [1.807, 2.05) is 6.07 Å². The molecule has 31 heavy (non-hydrogen) atoms. The van der Waals surface area contributed by atoms with E-state index in [9.17, 15) is 18.0 Å². The molecule has 172 valence electrons. The Labute approximate surface area is 184 Å². The molecule has 1 aromatic rings. The van der Waals surface area contributed by atoms with Crippen molar-refractivity contribution >= 4 is 22.4 Å². The number of nitrogens with zero attached hydrogens (tertiary/aromatic N) is 1. The van der Waals surface area contributed by atoms with Crippen molar-refractivity contribution in [3.63, 3.8) is 0 Å². The standard InChI is InChI=1S/C22H32N2O6S/c1-15-11-18(9-10-19(15)16-7-5-4-6-8-16)30-14-21-20(23-31(3,27)28)12-17(13-25)24(21)22(26)29-2/h4-8,13,15,17-21,23H,9-12,14H2,1-3H3. The molecule has 6 atom stereocenters. The lowest BCUT2D eigenvalue weighted by molar-refractivity contribution is -0.111. The highest BCUT2D eigenvalue weighted by molar-refractivity contribution is 7.88. The van der Waals surface area contributed by atoms with E-state index in [4.69, 9.17) is 9.47 Å². The molecule has 2 fully saturated rings. The van der Waals surface area contributed by atoms with E-state index in [0.717, 1.165) is 25.5 Å². The van der Waals surface area contributed by atoms with Gasteiger partial charge in [-0.3, -0.25) is 4.90 Å². The lowest BCUT2D eigenvalue weighted by Gasteiger charge is -2.36. The van der Waals surface area contributed by atoms with Crippen molar-refractivity contribution in [2.45, 2.75) is 62.8 Å². The summed E-state index contributed by atoms with van der Waals surface area (Å²) >= 11 is 0. The van der Waals surface area contributed by atoms with Crippen LogP contribution in [0.5, 0.6) is 0 Å². The van der Waals surface area contributed by atoms with Gasteiger partial charge in [-0.1, -0.05) is 37.3 Å². The minimum atomic E-state index is -3.52. The Morgan fingerprint density at radius 1 is 1.23 bits per heavy atom. The lowest BCUT2D eigenvalue weighted by atomic mass is 9.75. The van der Waals surface area contributed by atoms with Crippen LogP contribution in [0, 0.1) is 5.92 Å². The minimum Gasteiger partial charge on any atom is -0.453 e. The van der Waals surface area contributed by atoms with Crippen molar-refractivity contribution < 1.29 is 27.5 Å². The van der Waals surface area contributed by atoms with Crippen LogP contribution in [0.15, 0.2) is 30.3 Å². The largest absolute Gasteiger partial charge is 0.453 e. The Balaban J connectivity index is 1.67. The van der Waals surface area contributed by atoms with Crippen LogP contribution in [0.25, 0.3) is 0 Å². The Hall–Kier alpha value is -1.97. The zero-order chi connectivity index (χ0) is 22.6. The predicted molar refractivity (Wildman–Crippen MR) is 116 cm³/mol. The van der Waals surface area contributed by atoms with E-state index in [1.54, 1.807) is 0 Å². The van der Waals surface area contributed by atoms with Gasteiger partial charge in [0, 0.05) is 6.04 Å². The van der Waals surface area contributed by atoms with Crippen LogP contribution in [0.2, 0.25) is 0 Å². The molecule has 0 radical (unpaired) electrons. The number of hydrogen-bond acceptors (Lipinski definition) is 6. The molecule has 1 saturated carbocycles. The highest BCUT2D eigenvalue weighted by Gasteiger charge is 2.46. The van der Waals surface area contributed by atoms with Crippen molar-refractivity contribution in [2.24, 2.45) is 5.92 Å². The SMILES string of the molecule is COC(=O)N1C(C=O)CC(NS(C)(=O)=O)C1COC1CCC(c2ccccc2)C(C)C1. The zero-order valence-corrected chi connectivity index (χ0v) is 19.1. The van der Waals surface area contributed by atoms with E-state index >= 15 is 0 Å². The van der Waals surface area contributed by atoms with Gasteiger partial charge < -0.3 is 14.3 Å². The zero-order valence-electron chi connectivity index (χ0n) is 18.3. The molecule has 3 rings (SSSR count). The summed E-state index contributed by atoms with van der Waals surface area (Å²) in [6, 6.07) is 8.49. The van der Waals surface area contributed by atoms with Gasteiger partial charge in [0.1, 0.15) is 6.29 Å². The Morgan fingerprint density at radius 3 is 2.52 bits per heavy atom. The number of hydrogen-bond donors (Lipinski definition) is 1. The molecule has 1 aliphatic carbocycles. The fourth-order valence-corrected chi connectivity index (χ4v) is 5.80. The maximum atomic E-state index is 12.3. The molecular formula is C22H32N2O6S. The third-order valence-corrected chi connectivity index (χ3v) is 7.16. The molecule has 1 heterocycles. The van der Waals surface area contributed by atoms with Crippen molar-refractivity contribution in [2.75, 3.05) is 20.0 Å². The van der Waals surface area contributed by atoms with Gasteiger partial charge in [-0.05, 0) is 43.1 Å². The van der Waals surface area contributed by atoms with Gasteiger partial charge in [0.2, 0.25) is 10.0 Å². The van der Waals surface area contributed by atoms with Gasteiger partial charge in [0.15, 0.2) is 0 Å². The third-order valence-electron chi connectivity index (χ3n) is 6.43. The lowest BCUT2D eigenvalue weighted by Crippen LogP contribution is -2.50. The first-order valence-electron chi connectivity index (χ1n) is 10.7. The highest BCUT2D eigenvalue weighted by atomic mass is 32.2. The van der Waals surface area contributed by atoms with Gasteiger partial charge in [-0.15, -0.1) is 0 Å². The number of rotatable bonds is 7. The van der Waals surface area contributed by atoms with Gasteiger partial charge in [0.25, 0.3) is 0 Å². The number of sulfonamides is 1. The smallest absolute Gasteiger partial charge is 0.410 e. The molecule has 1 aromatic carbocycles. The normalized spacial score (nSPS) is 31.4. The van der Waals surface area contributed by atoms with Gasteiger partial charge in [0.05, 0.1) is 38.2 Å². The van der Waals surface area contributed by atoms with Crippen molar-refractivity contribution in [3.8, 4) is 0 Å². The predicted octanol–water partition coefficient (Wildman–Crippen LogP) is 2.30. The number of benzene rings is 1. The summed E-state index contributed by atoms with van der Waals surface area (Å²) in [6.45, 7) is 2.36. The highest BCUT2D eigenvalue weighted by Crippen LogP contribution is 2.39. The van der Waals surface area contributed by atoms with Gasteiger partial charge in [-0.25, -0.2) is 17.9 Å². The maximum absolute atomic E-state index is 12.3. The summed E-state index contributed by atoms with van der Waals surface area (Å²) < 4.78 is 37.2. The molecule has 8 nitrogen and oxygen atoms in total. The van der Waals surface area contributed by atoms with Crippen LogP contribution in [-0.4, -0.2) is 69.9 Å². The molecule has 1 aliphatic heterocycles. The second kappa shape index (κ2) is 10.1. The quantitative estimate of drug-likeness (QED) is 0.637. The number of amides is 1. The first-order valence-corrected chi connectivity index (χ1v) is 12.6. The van der Waals surface area contributed by atoms with Crippen molar-refractivity contribution in [3.05, 3.63) is 35.9 Å². The summed E-state index contributed by atoms with van der Waals surface area (Å²) in [6.07, 6.45) is 4.03. The molecular weight excluding hydrogens is 420 g/mol. The molecule has 2 aliphatic rings. The monoisotopic (exact) mass is 452 g/mol. The van der Waals surface area contributed by atoms with E-state index < -0.39 is 34.2 Å². The molecule has 6 unspecified atom stereocenters. The van der Waals surface area contributed by atoms with Gasteiger partial charge >= 0.3 is 6.09 Å². The number of carbonyl (C=O) groups is 2. The van der Waals surface area contributed by atoms with Crippen molar-refractivity contribution in [1.29, 1.82) is 0 Å². The van der Waals surface area contributed by atoms with Crippen LogP contribution in [0.3, 0.4) is 0 Å². The average molecular weight is 453 g/mol. The first kappa shape index (κ1) is 23.7. The second-order valence-corrected chi connectivity index (χ2v) is 10.4. The minimum absolute atomic E-state index is 0.0172. The number of methoxy groups -OCH3 is 1. The Morgan fingerprint density at radius 2 is 1.94 bits per heavy atom. The molecule has 0 spiro atoms. The Kier molecular flexibility index (Phi) is 7.72. The summed E-state index contributed by atoms with van der Waals surface area (Å²) in [5, 5.41) is 0. The first-order chi connectivity index (χ1) is 14.7. The third kappa shape index (κ3) is 5.84. The van der Waals surface area contributed by atoms with Crippen LogP contribution in [0.1, 0.15) is 44.1 Å². The van der Waals surface area contributed by atoms with Crippen LogP contribution in [0.4, 0.5) is 4.79 Å².